The van der Waals surface area contributed by atoms with E-state index < -0.39 is 0 Å². The summed E-state index contributed by atoms with van der Waals surface area (Å²) in [7, 11) is 1.55. The van der Waals surface area contributed by atoms with Crippen molar-refractivity contribution in [2.75, 3.05) is 49.9 Å². The Balaban J connectivity index is 1.54. The highest BCUT2D eigenvalue weighted by Crippen LogP contribution is 2.46. The van der Waals surface area contributed by atoms with Crippen LogP contribution in [0.15, 0.2) is 53.4 Å². The number of hydrogen-bond donors (Lipinski definition) is 0. The van der Waals surface area contributed by atoms with Crippen LogP contribution in [0, 0.1) is 0 Å². The van der Waals surface area contributed by atoms with Crippen LogP contribution in [0.5, 0.6) is 5.75 Å². The molecule has 7 nitrogen and oxygen atoms in total. The molecule has 164 valence electrons. The van der Waals surface area contributed by atoms with Crippen molar-refractivity contribution in [1.29, 1.82) is 0 Å². The summed E-state index contributed by atoms with van der Waals surface area (Å²) in [6.45, 7) is 3.27. The first-order valence-corrected chi connectivity index (χ1v) is 11.5. The van der Waals surface area contributed by atoms with Gasteiger partial charge in [-0.05, 0) is 18.2 Å². The number of benzene rings is 2. The summed E-state index contributed by atoms with van der Waals surface area (Å²) < 4.78 is 11.2. The van der Waals surface area contributed by atoms with Gasteiger partial charge in [-0.2, -0.15) is 0 Å². The molecule has 0 saturated carbocycles. The molecule has 0 N–H and O–H groups in total. The van der Waals surface area contributed by atoms with Crippen LogP contribution in [0.4, 0.5) is 11.4 Å². The second-order valence-electron chi connectivity index (χ2n) is 7.51. The zero-order valence-electron chi connectivity index (χ0n) is 17.4. The second kappa shape index (κ2) is 8.67. The number of methoxy groups -OCH3 is 1. The van der Waals surface area contributed by atoms with E-state index in [4.69, 9.17) is 21.7 Å². The Morgan fingerprint density at radius 3 is 2.44 bits per heavy atom. The smallest absolute Gasteiger partial charge is 0.271 e. The number of fused-ring (bicyclic) bond motifs is 1. The molecule has 0 aromatic heterocycles. The van der Waals surface area contributed by atoms with Crippen molar-refractivity contribution in [3.8, 4) is 5.75 Å². The fourth-order valence-corrected chi connectivity index (χ4v) is 5.48. The molecular formula is C23H21N3O4S2. The van der Waals surface area contributed by atoms with Crippen molar-refractivity contribution in [1.82, 2.24) is 4.90 Å². The third-order valence-electron chi connectivity index (χ3n) is 5.69. The summed E-state index contributed by atoms with van der Waals surface area (Å²) in [6.07, 6.45) is 0. The normalized spacial score (nSPS) is 21.5. The Morgan fingerprint density at radius 2 is 1.69 bits per heavy atom. The van der Waals surface area contributed by atoms with E-state index in [2.05, 4.69) is 4.90 Å². The minimum absolute atomic E-state index is 0.182. The number of thiocarbonyl (C=S) groups is 1. The first kappa shape index (κ1) is 21.1. The maximum atomic E-state index is 13.6. The largest absolute Gasteiger partial charge is 0.495 e. The summed E-state index contributed by atoms with van der Waals surface area (Å²) in [6, 6.07) is 14.8. The quantitative estimate of drug-likeness (QED) is 0.506. The van der Waals surface area contributed by atoms with Crippen LogP contribution >= 0.6 is 24.0 Å². The molecule has 0 unspecified atom stereocenters. The highest BCUT2D eigenvalue weighted by Gasteiger charge is 2.43. The number of amides is 2. The van der Waals surface area contributed by atoms with Crippen LogP contribution in [0.1, 0.15) is 5.56 Å². The number of rotatable bonds is 4. The predicted molar refractivity (Wildman–Crippen MR) is 129 cm³/mol. The number of carbonyl (C=O) groups excluding carboxylic acids is 2. The molecular weight excluding hydrogens is 446 g/mol. The van der Waals surface area contributed by atoms with E-state index in [1.54, 1.807) is 24.1 Å². The molecule has 0 bridgehead atoms. The number of carbonyl (C=O) groups is 2. The third kappa shape index (κ3) is 3.51. The van der Waals surface area contributed by atoms with Gasteiger partial charge in [0, 0.05) is 18.7 Å². The van der Waals surface area contributed by atoms with E-state index >= 15 is 0 Å². The summed E-state index contributed by atoms with van der Waals surface area (Å²) in [5, 5.41) is 0. The number of thioether (sulfide) groups is 1. The van der Waals surface area contributed by atoms with Gasteiger partial charge in [-0.1, -0.05) is 54.3 Å². The van der Waals surface area contributed by atoms with Gasteiger partial charge < -0.3 is 9.47 Å². The number of para-hydroxylation sites is 3. The van der Waals surface area contributed by atoms with Gasteiger partial charge in [0.2, 0.25) is 0 Å². The lowest BCUT2D eigenvalue weighted by Crippen LogP contribution is -2.45. The molecule has 3 aliphatic rings. The predicted octanol–water partition coefficient (Wildman–Crippen LogP) is 3.11. The molecule has 0 aliphatic carbocycles. The molecule has 0 atom stereocenters. The fraction of sp³-hybridized carbons (Fsp3) is 0.261. The lowest BCUT2D eigenvalue weighted by molar-refractivity contribution is -0.115. The molecule has 2 fully saturated rings. The van der Waals surface area contributed by atoms with Gasteiger partial charge in [-0.25, -0.2) is 0 Å². The molecule has 3 aliphatic heterocycles. The number of ether oxygens (including phenoxy) is 2. The number of morpholine rings is 1. The lowest BCUT2D eigenvalue weighted by atomic mass is 10.1. The molecule has 32 heavy (non-hydrogen) atoms. The van der Waals surface area contributed by atoms with Gasteiger partial charge in [0.05, 0.1) is 48.8 Å². The zero-order valence-corrected chi connectivity index (χ0v) is 19.1. The second-order valence-corrected chi connectivity index (χ2v) is 9.15. The standard InChI is InChI=1S/C23H21N3O4S2/c1-29-18-9-5-4-8-17(18)26-22(28)20(32-23(26)31)19-15-6-2-3-7-16(15)25(21(19)27)14-24-10-12-30-13-11-24/h2-9H,10-14H2,1H3/b20-19-. The Kier molecular flexibility index (Phi) is 5.73. The van der Waals surface area contributed by atoms with E-state index in [1.165, 1.54) is 4.90 Å². The van der Waals surface area contributed by atoms with Gasteiger partial charge in [0.15, 0.2) is 4.32 Å². The van der Waals surface area contributed by atoms with Gasteiger partial charge in [-0.15, -0.1) is 0 Å². The summed E-state index contributed by atoms with van der Waals surface area (Å²) in [4.78, 5) is 32.8. The van der Waals surface area contributed by atoms with E-state index in [-0.39, 0.29) is 11.8 Å². The van der Waals surface area contributed by atoms with Crippen molar-refractivity contribution in [3.63, 3.8) is 0 Å². The summed E-state index contributed by atoms with van der Waals surface area (Å²) in [5.41, 5.74) is 2.54. The van der Waals surface area contributed by atoms with Gasteiger partial charge in [0.1, 0.15) is 5.75 Å². The molecule has 0 spiro atoms. The Morgan fingerprint density at radius 1 is 1.00 bits per heavy atom. The van der Waals surface area contributed by atoms with Crippen molar-refractivity contribution in [2.24, 2.45) is 0 Å². The van der Waals surface area contributed by atoms with E-state index in [0.717, 1.165) is 36.1 Å². The van der Waals surface area contributed by atoms with Crippen LogP contribution in [0.3, 0.4) is 0 Å². The number of nitrogens with zero attached hydrogens (tertiary/aromatic N) is 3. The van der Waals surface area contributed by atoms with Crippen LogP contribution in [-0.2, 0) is 14.3 Å². The van der Waals surface area contributed by atoms with Gasteiger partial charge in [-0.3, -0.25) is 24.3 Å². The molecule has 2 aromatic carbocycles. The van der Waals surface area contributed by atoms with E-state index in [0.29, 0.717) is 46.1 Å². The van der Waals surface area contributed by atoms with E-state index in [9.17, 15) is 9.59 Å². The molecule has 9 heteroatoms. The van der Waals surface area contributed by atoms with Crippen molar-refractivity contribution < 1.29 is 19.1 Å². The average Bonchev–Trinajstić information content (AvgIpc) is 3.26. The Hall–Kier alpha value is -2.72. The number of anilines is 2. The molecule has 0 radical (unpaired) electrons. The maximum absolute atomic E-state index is 13.6. The van der Waals surface area contributed by atoms with Gasteiger partial charge in [0.25, 0.3) is 11.8 Å². The fourth-order valence-electron chi connectivity index (χ4n) is 4.12. The summed E-state index contributed by atoms with van der Waals surface area (Å²) in [5.74, 6) is 0.0521. The topological polar surface area (TPSA) is 62.3 Å². The van der Waals surface area contributed by atoms with Crippen molar-refractivity contribution in [2.45, 2.75) is 0 Å². The molecule has 2 aromatic rings. The molecule has 2 saturated heterocycles. The van der Waals surface area contributed by atoms with Crippen LogP contribution in [0.25, 0.3) is 5.57 Å². The molecule has 3 heterocycles. The van der Waals surface area contributed by atoms with Crippen LogP contribution in [0.2, 0.25) is 0 Å². The van der Waals surface area contributed by atoms with Crippen LogP contribution < -0.4 is 14.5 Å². The Bertz CT molecular complexity index is 1140. The van der Waals surface area contributed by atoms with Crippen LogP contribution in [-0.4, -0.2) is 61.1 Å². The van der Waals surface area contributed by atoms with Gasteiger partial charge >= 0.3 is 0 Å². The Labute approximate surface area is 195 Å². The van der Waals surface area contributed by atoms with E-state index in [1.807, 2.05) is 36.4 Å². The summed E-state index contributed by atoms with van der Waals surface area (Å²) >= 11 is 6.71. The highest BCUT2D eigenvalue weighted by atomic mass is 32.2. The molecule has 2 amide bonds. The first-order valence-electron chi connectivity index (χ1n) is 10.2. The minimum Gasteiger partial charge on any atom is -0.495 e. The lowest BCUT2D eigenvalue weighted by Gasteiger charge is -2.30. The first-order chi connectivity index (χ1) is 15.6. The third-order valence-corrected chi connectivity index (χ3v) is 7.06. The molecule has 5 rings (SSSR count). The van der Waals surface area contributed by atoms with Crippen molar-refractivity contribution in [3.05, 3.63) is 59.0 Å². The highest BCUT2D eigenvalue weighted by molar-refractivity contribution is 8.27. The van der Waals surface area contributed by atoms with Crippen molar-refractivity contribution >= 4 is 57.1 Å². The number of hydrogen-bond acceptors (Lipinski definition) is 7. The zero-order chi connectivity index (χ0) is 22.2. The maximum Gasteiger partial charge on any atom is 0.271 e. The SMILES string of the molecule is COc1ccccc1N1C(=O)/C(=C2/C(=O)N(CN3CCOCC3)c3ccccc32)SC1=S. The average molecular weight is 468 g/mol. The monoisotopic (exact) mass is 467 g/mol. The minimum atomic E-state index is -0.309.